The van der Waals surface area contributed by atoms with Gasteiger partial charge in [-0.15, -0.1) is 0 Å². The van der Waals surface area contributed by atoms with Crippen LogP contribution in [0.2, 0.25) is 0 Å². The Morgan fingerprint density at radius 2 is 1.64 bits per heavy atom. The highest BCUT2D eigenvalue weighted by Gasteiger charge is 2.17. The van der Waals surface area contributed by atoms with E-state index in [0.717, 1.165) is 12.1 Å². The lowest BCUT2D eigenvalue weighted by molar-refractivity contribution is 0.591. The van der Waals surface area contributed by atoms with Crippen molar-refractivity contribution in [2.24, 2.45) is 4.99 Å². The number of nitrogens with zero attached hydrogens (tertiary/aromatic N) is 1. The third kappa shape index (κ3) is 4.14. The van der Waals surface area contributed by atoms with E-state index in [4.69, 9.17) is 0 Å². The summed E-state index contributed by atoms with van der Waals surface area (Å²) in [6.45, 7) is 3.71. The summed E-state index contributed by atoms with van der Waals surface area (Å²) < 4.78 is 40.2. The predicted octanol–water partition coefficient (Wildman–Crippen LogP) is 2.96. The average Bonchev–Trinajstić information content (AvgIpc) is 2.47. The molecule has 0 saturated carbocycles. The minimum atomic E-state index is -3.82. The second-order valence-electron chi connectivity index (χ2n) is 5.00. The molecule has 0 aliphatic rings. The molecule has 0 aliphatic heterocycles. The summed E-state index contributed by atoms with van der Waals surface area (Å²) in [7, 11) is -3.82. The van der Waals surface area contributed by atoms with Gasteiger partial charge in [-0.25, -0.2) is 12.8 Å². The van der Waals surface area contributed by atoms with Crippen LogP contribution in [0.4, 0.5) is 4.39 Å². The third-order valence-electron chi connectivity index (χ3n) is 2.79. The van der Waals surface area contributed by atoms with E-state index in [1.54, 1.807) is 24.3 Å². The van der Waals surface area contributed by atoms with Gasteiger partial charge in [0.05, 0.1) is 4.90 Å². The van der Waals surface area contributed by atoms with Crippen LogP contribution in [0.3, 0.4) is 0 Å². The van der Waals surface area contributed by atoms with Gasteiger partial charge in [-0.05, 0) is 38.1 Å². The molecule has 0 saturated heterocycles. The molecule has 2 aromatic carbocycles. The molecule has 0 heterocycles. The summed E-state index contributed by atoms with van der Waals surface area (Å²) in [4.78, 5) is 4.32. The minimum absolute atomic E-state index is 0.0127. The van der Waals surface area contributed by atoms with Crippen molar-refractivity contribution in [3.05, 3.63) is 66.0 Å². The van der Waals surface area contributed by atoms with Gasteiger partial charge in [0.15, 0.2) is 0 Å². The molecule has 2 rings (SSSR count). The van der Waals surface area contributed by atoms with Gasteiger partial charge in [0.25, 0.3) is 10.0 Å². The molecule has 0 spiro atoms. The first-order valence-electron chi connectivity index (χ1n) is 6.80. The summed E-state index contributed by atoms with van der Waals surface area (Å²) in [6, 6.07) is 13.6. The molecule has 2 aromatic rings. The van der Waals surface area contributed by atoms with Crippen LogP contribution in [0.5, 0.6) is 0 Å². The summed E-state index contributed by atoms with van der Waals surface area (Å²) in [6.07, 6.45) is 0. The zero-order valence-corrected chi connectivity index (χ0v) is 13.1. The van der Waals surface area contributed by atoms with Crippen LogP contribution in [-0.4, -0.2) is 20.3 Å². The number of benzene rings is 2. The lowest BCUT2D eigenvalue weighted by Gasteiger charge is -2.12. The molecular formula is C16H17FN2O2S. The van der Waals surface area contributed by atoms with Gasteiger partial charge in [-0.3, -0.25) is 9.71 Å². The third-order valence-corrected chi connectivity index (χ3v) is 4.14. The Morgan fingerprint density at radius 1 is 1.05 bits per heavy atom. The van der Waals surface area contributed by atoms with Crippen LogP contribution in [0.1, 0.15) is 19.4 Å². The highest BCUT2D eigenvalue weighted by Crippen LogP contribution is 2.11. The van der Waals surface area contributed by atoms with Crippen LogP contribution in [0.25, 0.3) is 0 Å². The van der Waals surface area contributed by atoms with Crippen molar-refractivity contribution in [3.8, 4) is 0 Å². The maximum absolute atomic E-state index is 12.9. The topological polar surface area (TPSA) is 58.5 Å². The Balaban J connectivity index is 2.37. The lowest BCUT2D eigenvalue weighted by atomic mass is 10.2. The molecule has 0 amide bonds. The van der Waals surface area contributed by atoms with Crippen LogP contribution in [-0.2, 0) is 10.0 Å². The monoisotopic (exact) mass is 320 g/mol. The van der Waals surface area contributed by atoms with Gasteiger partial charge < -0.3 is 0 Å². The van der Waals surface area contributed by atoms with Gasteiger partial charge >= 0.3 is 0 Å². The first kappa shape index (κ1) is 16.2. The molecule has 0 fully saturated rings. The normalized spacial score (nSPS) is 12.5. The number of halogens is 1. The first-order valence-corrected chi connectivity index (χ1v) is 8.28. The Bertz CT molecular complexity index is 754. The van der Waals surface area contributed by atoms with E-state index >= 15 is 0 Å². The number of rotatable bonds is 4. The second kappa shape index (κ2) is 6.70. The molecule has 0 atom stereocenters. The van der Waals surface area contributed by atoms with Gasteiger partial charge in [0.1, 0.15) is 11.7 Å². The highest BCUT2D eigenvalue weighted by molar-refractivity contribution is 7.90. The Hall–Kier alpha value is -2.21. The number of aliphatic imine (C=N–C) groups is 1. The van der Waals surface area contributed by atoms with Gasteiger partial charge in [-0.1, -0.05) is 30.3 Å². The van der Waals surface area contributed by atoms with Crippen molar-refractivity contribution in [1.82, 2.24) is 4.72 Å². The molecule has 22 heavy (non-hydrogen) atoms. The minimum Gasteiger partial charge on any atom is -0.265 e. The number of amidine groups is 1. The molecule has 0 bridgehead atoms. The Kier molecular flexibility index (Phi) is 4.92. The van der Waals surface area contributed by atoms with Crippen molar-refractivity contribution in [1.29, 1.82) is 0 Å². The van der Waals surface area contributed by atoms with Gasteiger partial charge in [0, 0.05) is 11.6 Å². The summed E-state index contributed by atoms with van der Waals surface area (Å²) in [5, 5.41) is 0. The number of hydrogen-bond donors (Lipinski definition) is 1. The van der Waals surface area contributed by atoms with Crippen molar-refractivity contribution < 1.29 is 12.8 Å². The molecule has 0 unspecified atom stereocenters. The second-order valence-corrected chi connectivity index (χ2v) is 6.68. The molecule has 6 heteroatoms. The maximum Gasteiger partial charge on any atom is 0.263 e. The van der Waals surface area contributed by atoms with E-state index in [2.05, 4.69) is 9.71 Å². The van der Waals surface area contributed by atoms with E-state index in [0.29, 0.717) is 5.56 Å². The molecule has 0 aromatic heterocycles. The zero-order valence-electron chi connectivity index (χ0n) is 12.3. The Morgan fingerprint density at radius 3 is 2.18 bits per heavy atom. The van der Waals surface area contributed by atoms with E-state index < -0.39 is 15.8 Å². The molecule has 0 aliphatic carbocycles. The van der Waals surface area contributed by atoms with Gasteiger partial charge in [0.2, 0.25) is 0 Å². The average molecular weight is 320 g/mol. The van der Waals surface area contributed by atoms with Crippen molar-refractivity contribution in [2.45, 2.75) is 24.8 Å². The highest BCUT2D eigenvalue weighted by atomic mass is 32.2. The van der Waals surface area contributed by atoms with Crippen molar-refractivity contribution in [3.63, 3.8) is 0 Å². The van der Waals surface area contributed by atoms with Gasteiger partial charge in [-0.2, -0.15) is 0 Å². The smallest absolute Gasteiger partial charge is 0.263 e. The SMILES string of the molecule is CC(C)N=C(NS(=O)(=O)c1ccc(F)cc1)c1ccccc1. The van der Waals surface area contributed by atoms with Crippen molar-refractivity contribution >= 4 is 15.9 Å². The summed E-state index contributed by atoms with van der Waals surface area (Å²) in [5.74, 6) is -0.224. The number of sulfonamides is 1. The quantitative estimate of drug-likeness (QED) is 0.695. The first-order chi connectivity index (χ1) is 10.4. The fourth-order valence-electron chi connectivity index (χ4n) is 1.81. The van der Waals surface area contributed by atoms with E-state index in [9.17, 15) is 12.8 Å². The lowest BCUT2D eigenvalue weighted by Crippen LogP contribution is -2.32. The molecule has 116 valence electrons. The molecular weight excluding hydrogens is 303 g/mol. The maximum atomic E-state index is 12.9. The summed E-state index contributed by atoms with van der Waals surface area (Å²) >= 11 is 0. The van der Waals surface area contributed by atoms with E-state index in [1.807, 2.05) is 19.9 Å². The van der Waals surface area contributed by atoms with Crippen LogP contribution >= 0.6 is 0 Å². The van der Waals surface area contributed by atoms with E-state index in [-0.39, 0.29) is 16.8 Å². The fourth-order valence-corrected chi connectivity index (χ4v) is 2.85. The molecule has 0 radical (unpaired) electrons. The molecule has 4 nitrogen and oxygen atoms in total. The fraction of sp³-hybridized carbons (Fsp3) is 0.188. The number of hydrogen-bond acceptors (Lipinski definition) is 3. The van der Waals surface area contributed by atoms with Crippen LogP contribution in [0, 0.1) is 5.82 Å². The summed E-state index contributed by atoms with van der Waals surface area (Å²) in [5.41, 5.74) is 0.668. The largest absolute Gasteiger partial charge is 0.265 e. The predicted molar refractivity (Wildman–Crippen MR) is 84.8 cm³/mol. The Labute approximate surface area is 129 Å². The van der Waals surface area contributed by atoms with Crippen LogP contribution in [0.15, 0.2) is 64.5 Å². The number of nitrogens with one attached hydrogen (secondary N) is 1. The standard InChI is InChI=1S/C16H17FN2O2S/c1-12(2)18-16(13-6-4-3-5-7-13)19-22(20,21)15-10-8-14(17)9-11-15/h3-12H,1-2H3,(H,18,19). The van der Waals surface area contributed by atoms with Crippen LogP contribution < -0.4 is 4.72 Å². The van der Waals surface area contributed by atoms with E-state index in [1.165, 1.54) is 12.1 Å². The van der Waals surface area contributed by atoms with Crippen molar-refractivity contribution in [2.75, 3.05) is 0 Å². The zero-order chi connectivity index (χ0) is 16.2. The molecule has 1 N–H and O–H groups in total.